The topological polar surface area (TPSA) is 44.9 Å². The molecular formula is C40H38N4O. The minimum atomic E-state index is 0.325. The number of pyridine rings is 1. The van der Waals surface area contributed by atoms with Crippen LogP contribution in [0.1, 0.15) is 54.5 Å². The van der Waals surface area contributed by atoms with E-state index < -0.39 is 0 Å². The highest BCUT2D eigenvalue weighted by Crippen LogP contribution is 2.36. The summed E-state index contributed by atoms with van der Waals surface area (Å²) in [5, 5.41) is 7.16. The lowest BCUT2D eigenvalue weighted by atomic mass is 9.96. The van der Waals surface area contributed by atoms with Crippen molar-refractivity contribution in [3.8, 4) is 34.1 Å². The molecule has 0 aliphatic heterocycles. The average Bonchev–Trinajstić information content (AvgIpc) is 3.63. The van der Waals surface area contributed by atoms with E-state index in [1.54, 1.807) is 0 Å². The number of nitrogens with zero attached hydrogens (tertiary/aromatic N) is 4. The maximum absolute atomic E-state index is 6.64. The Bertz CT molecular complexity index is 2180. The first-order chi connectivity index (χ1) is 21.8. The van der Waals surface area contributed by atoms with Crippen LogP contribution in [-0.2, 0) is 6.42 Å². The van der Waals surface area contributed by atoms with Crippen molar-refractivity contribution < 1.29 is 4.74 Å². The van der Waals surface area contributed by atoms with E-state index in [-0.39, 0.29) is 0 Å². The van der Waals surface area contributed by atoms with Crippen molar-refractivity contribution in [2.75, 3.05) is 0 Å². The second-order valence-corrected chi connectivity index (χ2v) is 12.4. The number of ether oxygens (including phenoxy) is 1. The van der Waals surface area contributed by atoms with E-state index >= 15 is 0 Å². The monoisotopic (exact) mass is 590 g/mol. The van der Waals surface area contributed by atoms with Gasteiger partial charge in [-0.3, -0.25) is 4.57 Å². The Morgan fingerprint density at radius 2 is 1.56 bits per heavy atom. The summed E-state index contributed by atoms with van der Waals surface area (Å²) in [6.45, 7) is 13.1. The van der Waals surface area contributed by atoms with Crippen molar-refractivity contribution in [2.24, 2.45) is 0 Å². The molecule has 0 spiro atoms. The van der Waals surface area contributed by atoms with E-state index in [0.29, 0.717) is 5.92 Å². The molecule has 0 fully saturated rings. The van der Waals surface area contributed by atoms with Gasteiger partial charge in [-0.2, -0.15) is 5.10 Å². The molecule has 0 atom stereocenters. The summed E-state index contributed by atoms with van der Waals surface area (Å²) in [4.78, 5) is 4.77. The highest BCUT2D eigenvalue weighted by Gasteiger charge is 2.16. The fourth-order valence-corrected chi connectivity index (χ4v) is 6.56. The van der Waals surface area contributed by atoms with Crippen LogP contribution < -0.4 is 4.74 Å². The highest BCUT2D eigenvalue weighted by molar-refractivity contribution is 6.09. The fourth-order valence-electron chi connectivity index (χ4n) is 6.56. The van der Waals surface area contributed by atoms with Gasteiger partial charge in [-0.1, -0.05) is 56.7 Å². The van der Waals surface area contributed by atoms with Crippen molar-refractivity contribution in [1.29, 1.82) is 0 Å². The van der Waals surface area contributed by atoms with E-state index in [1.807, 2.05) is 17.1 Å². The molecule has 0 bridgehead atoms. The van der Waals surface area contributed by atoms with Crippen LogP contribution in [0.3, 0.4) is 0 Å². The van der Waals surface area contributed by atoms with Crippen LogP contribution in [0.5, 0.6) is 11.5 Å². The van der Waals surface area contributed by atoms with Crippen molar-refractivity contribution in [3.63, 3.8) is 0 Å². The van der Waals surface area contributed by atoms with Crippen molar-refractivity contribution in [1.82, 2.24) is 19.3 Å². The quantitative estimate of drug-likeness (QED) is 0.185. The minimum absolute atomic E-state index is 0.325. The zero-order chi connectivity index (χ0) is 31.2. The first-order valence-corrected chi connectivity index (χ1v) is 15.7. The molecule has 0 aliphatic carbocycles. The van der Waals surface area contributed by atoms with Crippen LogP contribution in [0, 0.1) is 20.8 Å². The van der Waals surface area contributed by atoms with Gasteiger partial charge in [0.05, 0.1) is 22.9 Å². The van der Waals surface area contributed by atoms with Crippen LogP contribution in [0.25, 0.3) is 44.4 Å². The molecule has 0 amide bonds. The van der Waals surface area contributed by atoms with Crippen LogP contribution in [-0.4, -0.2) is 19.3 Å². The molecule has 0 saturated heterocycles. The van der Waals surface area contributed by atoms with Gasteiger partial charge in [-0.05, 0) is 103 Å². The summed E-state index contributed by atoms with van der Waals surface area (Å²) in [5.74, 6) is 2.79. The van der Waals surface area contributed by atoms with Gasteiger partial charge in [0, 0.05) is 40.9 Å². The van der Waals surface area contributed by atoms with Crippen molar-refractivity contribution in [3.05, 3.63) is 131 Å². The van der Waals surface area contributed by atoms with E-state index in [4.69, 9.17) is 14.8 Å². The SMILES string of the molecule is CCc1ccnc(-n2c3ccccc3c3ccc(Oc4cc(C(C)C)cc(-n5cc(-c6c(C)cc(C)cc6C)cn5)c4)cc32)c1. The lowest BCUT2D eigenvalue weighted by Crippen LogP contribution is -1.99. The van der Waals surface area contributed by atoms with Crippen LogP contribution >= 0.6 is 0 Å². The summed E-state index contributed by atoms with van der Waals surface area (Å²) >= 11 is 0. The second-order valence-electron chi connectivity index (χ2n) is 12.4. The zero-order valence-corrected chi connectivity index (χ0v) is 26.8. The number of para-hydroxylation sites is 1. The predicted octanol–water partition coefficient (Wildman–Crippen LogP) is 10.4. The van der Waals surface area contributed by atoms with Gasteiger partial charge in [0.1, 0.15) is 17.3 Å². The first-order valence-electron chi connectivity index (χ1n) is 15.7. The first kappa shape index (κ1) is 28.6. The molecule has 5 nitrogen and oxygen atoms in total. The molecule has 3 heterocycles. The van der Waals surface area contributed by atoms with Gasteiger partial charge in [-0.15, -0.1) is 0 Å². The molecular weight excluding hydrogens is 552 g/mol. The van der Waals surface area contributed by atoms with Crippen molar-refractivity contribution >= 4 is 21.8 Å². The minimum Gasteiger partial charge on any atom is -0.457 e. The Hall–Kier alpha value is -5.16. The molecule has 0 saturated carbocycles. The number of hydrogen-bond donors (Lipinski definition) is 0. The van der Waals surface area contributed by atoms with Gasteiger partial charge >= 0.3 is 0 Å². The summed E-state index contributed by atoms with van der Waals surface area (Å²) in [6.07, 6.45) is 6.94. The Labute approximate surface area is 264 Å². The largest absolute Gasteiger partial charge is 0.457 e. The third-order valence-electron chi connectivity index (χ3n) is 8.72. The van der Waals surface area contributed by atoms with E-state index in [9.17, 15) is 0 Å². The van der Waals surface area contributed by atoms with Crippen molar-refractivity contribution in [2.45, 2.75) is 53.9 Å². The Balaban J connectivity index is 1.30. The molecule has 224 valence electrons. The summed E-state index contributed by atoms with van der Waals surface area (Å²) < 4.78 is 10.8. The molecule has 7 rings (SSSR count). The lowest BCUT2D eigenvalue weighted by molar-refractivity contribution is 0.481. The van der Waals surface area contributed by atoms with E-state index in [2.05, 4.69) is 137 Å². The van der Waals surface area contributed by atoms with Gasteiger partial charge < -0.3 is 4.74 Å². The maximum atomic E-state index is 6.64. The molecule has 3 aromatic heterocycles. The third kappa shape index (κ3) is 5.29. The predicted molar refractivity (Wildman–Crippen MR) is 185 cm³/mol. The molecule has 0 N–H and O–H groups in total. The van der Waals surface area contributed by atoms with E-state index in [0.717, 1.165) is 46.0 Å². The molecule has 7 aromatic rings. The number of fused-ring (bicyclic) bond motifs is 3. The summed E-state index contributed by atoms with van der Waals surface area (Å²) in [6, 6.07) is 30.0. The Morgan fingerprint density at radius 3 is 2.33 bits per heavy atom. The Morgan fingerprint density at radius 1 is 0.778 bits per heavy atom. The maximum Gasteiger partial charge on any atom is 0.137 e. The highest BCUT2D eigenvalue weighted by atomic mass is 16.5. The fraction of sp³-hybridized carbons (Fsp3) is 0.200. The molecule has 5 heteroatoms. The number of hydrogen-bond acceptors (Lipinski definition) is 3. The third-order valence-corrected chi connectivity index (χ3v) is 8.72. The number of aryl methyl sites for hydroxylation is 4. The van der Waals surface area contributed by atoms with Gasteiger partial charge in [0.15, 0.2) is 0 Å². The smallest absolute Gasteiger partial charge is 0.137 e. The lowest BCUT2D eigenvalue weighted by Gasteiger charge is -2.14. The molecule has 4 aromatic carbocycles. The molecule has 0 radical (unpaired) electrons. The van der Waals surface area contributed by atoms with Crippen LogP contribution in [0.4, 0.5) is 0 Å². The van der Waals surface area contributed by atoms with Gasteiger partial charge in [0.2, 0.25) is 0 Å². The van der Waals surface area contributed by atoms with Gasteiger partial charge in [-0.25, -0.2) is 9.67 Å². The standard InChI is InChI=1S/C40H38N4O/c1-7-29-14-15-41-39(18-29)44-37-11-9-8-10-35(37)36-13-12-33(22-38(36)44)45-34-20-30(25(2)3)19-32(21-34)43-24-31(23-42-43)40-27(5)16-26(4)17-28(40)6/h8-25H,7H2,1-6H3. The summed E-state index contributed by atoms with van der Waals surface area (Å²) in [5.41, 5.74) is 11.8. The Kier molecular flexibility index (Phi) is 7.25. The second kappa shape index (κ2) is 11.4. The zero-order valence-electron chi connectivity index (χ0n) is 26.8. The number of rotatable bonds is 7. The number of benzene rings is 4. The van der Waals surface area contributed by atoms with Gasteiger partial charge in [0.25, 0.3) is 0 Å². The summed E-state index contributed by atoms with van der Waals surface area (Å²) in [7, 11) is 0. The van der Waals surface area contributed by atoms with Crippen LogP contribution in [0.2, 0.25) is 0 Å². The molecule has 0 unspecified atom stereocenters. The molecule has 0 aliphatic rings. The molecule has 45 heavy (non-hydrogen) atoms. The average molecular weight is 591 g/mol. The normalized spacial score (nSPS) is 11.6. The van der Waals surface area contributed by atoms with Crippen LogP contribution in [0.15, 0.2) is 104 Å². The van der Waals surface area contributed by atoms with E-state index in [1.165, 1.54) is 44.2 Å². The number of aromatic nitrogens is 4.